The van der Waals surface area contributed by atoms with Crippen LogP contribution in [0.1, 0.15) is 39.0 Å². The molecule has 1 unspecified atom stereocenters. The number of nitrogens with one attached hydrogen (secondary N) is 1. The number of hydrogen-bond donors (Lipinski definition) is 2. The first-order valence-electron chi connectivity index (χ1n) is 7.64. The fraction of sp³-hybridized carbons (Fsp3) is 0.857. The van der Waals surface area contributed by atoms with Crippen molar-refractivity contribution in [3.63, 3.8) is 0 Å². The van der Waals surface area contributed by atoms with Crippen LogP contribution in [0, 0.1) is 5.92 Å². The van der Waals surface area contributed by atoms with Crippen LogP contribution in [0.2, 0.25) is 0 Å². The molecule has 2 aliphatic heterocycles. The molecule has 20 heavy (non-hydrogen) atoms. The summed E-state index contributed by atoms with van der Waals surface area (Å²) in [4.78, 5) is 27.9. The Bertz CT molecular complexity index is 353. The van der Waals surface area contributed by atoms with E-state index in [0.29, 0.717) is 38.5 Å². The molecule has 114 valence electrons. The van der Waals surface area contributed by atoms with Crippen LogP contribution in [0.3, 0.4) is 0 Å². The number of hydrogen-bond acceptors (Lipinski definition) is 4. The van der Waals surface area contributed by atoms with Crippen LogP contribution < -0.4 is 11.3 Å². The molecule has 6 nitrogen and oxygen atoms in total. The molecule has 2 heterocycles. The molecule has 1 atom stereocenters. The van der Waals surface area contributed by atoms with Gasteiger partial charge in [0.15, 0.2) is 0 Å². The maximum absolute atomic E-state index is 12.3. The van der Waals surface area contributed by atoms with E-state index >= 15 is 0 Å². The van der Waals surface area contributed by atoms with Crippen molar-refractivity contribution in [1.82, 2.24) is 15.2 Å². The van der Waals surface area contributed by atoms with Gasteiger partial charge in [-0.2, -0.15) is 0 Å². The van der Waals surface area contributed by atoms with Gasteiger partial charge in [0.1, 0.15) is 0 Å². The Morgan fingerprint density at radius 1 is 1.15 bits per heavy atom. The fourth-order valence-electron chi connectivity index (χ4n) is 3.18. The van der Waals surface area contributed by atoms with Crippen LogP contribution in [0.15, 0.2) is 0 Å². The second kappa shape index (κ2) is 7.04. The summed E-state index contributed by atoms with van der Waals surface area (Å²) in [7, 11) is 0. The number of rotatable bonds is 3. The van der Waals surface area contributed by atoms with E-state index in [1.807, 2.05) is 4.90 Å². The van der Waals surface area contributed by atoms with Crippen LogP contribution in [-0.2, 0) is 9.59 Å². The minimum atomic E-state index is -0.109. The molecule has 0 aromatic carbocycles. The highest BCUT2D eigenvalue weighted by atomic mass is 16.2. The SMILES string of the molecule is CC1CCCCN1CC(=O)N1CCC(C(=O)NN)CC1. The van der Waals surface area contributed by atoms with E-state index in [1.54, 1.807) is 0 Å². The summed E-state index contributed by atoms with van der Waals surface area (Å²) in [5.41, 5.74) is 2.20. The number of nitrogens with two attached hydrogens (primary N) is 1. The second-order valence-corrected chi connectivity index (χ2v) is 5.98. The van der Waals surface area contributed by atoms with E-state index in [4.69, 9.17) is 5.84 Å². The summed E-state index contributed by atoms with van der Waals surface area (Å²) in [5.74, 6) is 5.20. The fourth-order valence-corrected chi connectivity index (χ4v) is 3.18. The predicted octanol–water partition coefficient (Wildman–Crippen LogP) is 0.0893. The van der Waals surface area contributed by atoms with E-state index in [9.17, 15) is 9.59 Å². The topological polar surface area (TPSA) is 78.7 Å². The molecule has 0 spiro atoms. The molecule has 0 bridgehead atoms. The Labute approximate surface area is 120 Å². The zero-order valence-electron chi connectivity index (χ0n) is 12.3. The van der Waals surface area contributed by atoms with Crippen LogP contribution in [0.4, 0.5) is 0 Å². The largest absolute Gasteiger partial charge is 0.342 e. The molecule has 6 heteroatoms. The highest BCUT2D eigenvalue weighted by molar-refractivity contribution is 5.80. The third-order valence-electron chi connectivity index (χ3n) is 4.64. The van der Waals surface area contributed by atoms with Crippen molar-refractivity contribution in [3.8, 4) is 0 Å². The molecule has 0 aromatic rings. The summed E-state index contributed by atoms with van der Waals surface area (Å²) in [6, 6.07) is 0.508. The number of likely N-dealkylation sites (tertiary alicyclic amines) is 2. The second-order valence-electron chi connectivity index (χ2n) is 5.98. The van der Waals surface area contributed by atoms with Crippen molar-refractivity contribution >= 4 is 11.8 Å². The third-order valence-corrected chi connectivity index (χ3v) is 4.64. The highest BCUT2D eigenvalue weighted by Crippen LogP contribution is 2.19. The quantitative estimate of drug-likeness (QED) is 0.437. The standard InChI is InChI=1S/C14H26N4O2/c1-11-4-2-3-7-18(11)10-13(19)17-8-5-12(6-9-17)14(20)16-15/h11-12H,2-10,15H2,1H3,(H,16,20). The van der Waals surface area contributed by atoms with E-state index < -0.39 is 0 Å². The Balaban J connectivity index is 1.78. The summed E-state index contributed by atoms with van der Waals surface area (Å²) in [6.07, 6.45) is 5.07. The van der Waals surface area contributed by atoms with E-state index in [-0.39, 0.29) is 17.7 Å². The number of amides is 2. The van der Waals surface area contributed by atoms with Gasteiger partial charge in [-0.05, 0) is 39.2 Å². The Morgan fingerprint density at radius 2 is 1.85 bits per heavy atom. The van der Waals surface area contributed by atoms with Crippen molar-refractivity contribution in [2.45, 2.75) is 45.1 Å². The lowest BCUT2D eigenvalue weighted by Crippen LogP contribution is -2.49. The lowest BCUT2D eigenvalue weighted by atomic mass is 9.96. The summed E-state index contributed by atoms with van der Waals surface area (Å²) >= 11 is 0. The van der Waals surface area contributed by atoms with Gasteiger partial charge in [-0.25, -0.2) is 5.84 Å². The maximum Gasteiger partial charge on any atom is 0.237 e. The van der Waals surface area contributed by atoms with Gasteiger partial charge in [0.2, 0.25) is 11.8 Å². The van der Waals surface area contributed by atoms with Crippen molar-refractivity contribution in [2.24, 2.45) is 11.8 Å². The molecule has 2 aliphatic rings. The molecule has 3 N–H and O–H groups in total. The van der Waals surface area contributed by atoms with Crippen LogP contribution >= 0.6 is 0 Å². The van der Waals surface area contributed by atoms with Gasteiger partial charge >= 0.3 is 0 Å². The molecular weight excluding hydrogens is 256 g/mol. The predicted molar refractivity (Wildman–Crippen MR) is 76.5 cm³/mol. The number of nitrogens with zero attached hydrogens (tertiary/aromatic N) is 2. The van der Waals surface area contributed by atoms with Crippen molar-refractivity contribution < 1.29 is 9.59 Å². The van der Waals surface area contributed by atoms with Crippen LogP contribution in [-0.4, -0.2) is 53.8 Å². The minimum Gasteiger partial charge on any atom is -0.342 e. The zero-order valence-corrected chi connectivity index (χ0v) is 12.3. The maximum atomic E-state index is 12.3. The van der Waals surface area contributed by atoms with Gasteiger partial charge in [0.25, 0.3) is 0 Å². The normalized spacial score (nSPS) is 25.5. The van der Waals surface area contributed by atoms with E-state index in [1.165, 1.54) is 19.3 Å². The molecule has 0 aliphatic carbocycles. The monoisotopic (exact) mass is 282 g/mol. The first-order chi connectivity index (χ1) is 9.61. The number of carbonyl (C=O) groups excluding carboxylic acids is 2. The Hall–Kier alpha value is -1.14. The molecule has 0 saturated carbocycles. The van der Waals surface area contributed by atoms with E-state index in [0.717, 1.165) is 6.54 Å². The molecule has 2 rings (SSSR count). The summed E-state index contributed by atoms with van der Waals surface area (Å²) < 4.78 is 0. The third kappa shape index (κ3) is 3.70. The first kappa shape index (κ1) is 15.3. The number of carbonyl (C=O) groups is 2. The lowest BCUT2D eigenvalue weighted by Gasteiger charge is -2.36. The van der Waals surface area contributed by atoms with E-state index in [2.05, 4.69) is 17.2 Å². The first-order valence-corrected chi connectivity index (χ1v) is 7.64. The number of piperidine rings is 2. The van der Waals surface area contributed by atoms with Crippen molar-refractivity contribution in [1.29, 1.82) is 0 Å². The molecule has 2 saturated heterocycles. The highest BCUT2D eigenvalue weighted by Gasteiger charge is 2.28. The average Bonchev–Trinajstić information content (AvgIpc) is 2.49. The van der Waals surface area contributed by atoms with Gasteiger partial charge in [0.05, 0.1) is 6.54 Å². The lowest BCUT2D eigenvalue weighted by molar-refractivity contribution is -0.137. The van der Waals surface area contributed by atoms with Gasteiger partial charge in [0, 0.05) is 25.0 Å². The van der Waals surface area contributed by atoms with Crippen LogP contribution in [0.5, 0.6) is 0 Å². The van der Waals surface area contributed by atoms with Gasteiger partial charge in [-0.3, -0.25) is 19.9 Å². The smallest absolute Gasteiger partial charge is 0.237 e. The molecule has 2 amide bonds. The Kier molecular flexibility index (Phi) is 5.37. The molecule has 0 radical (unpaired) electrons. The van der Waals surface area contributed by atoms with Crippen LogP contribution in [0.25, 0.3) is 0 Å². The Morgan fingerprint density at radius 3 is 2.45 bits per heavy atom. The molecule has 2 fully saturated rings. The van der Waals surface area contributed by atoms with Crippen molar-refractivity contribution in [3.05, 3.63) is 0 Å². The molecule has 0 aromatic heterocycles. The minimum absolute atomic E-state index is 0.0436. The van der Waals surface area contributed by atoms with Gasteiger partial charge in [-0.1, -0.05) is 6.42 Å². The van der Waals surface area contributed by atoms with Gasteiger partial charge < -0.3 is 4.90 Å². The van der Waals surface area contributed by atoms with Crippen molar-refractivity contribution in [2.75, 3.05) is 26.2 Å². The van der Waals surface area contributed by atoms with Gasteiger partial charge in [-0.15, -0.1) is 0 Å². The molecular formula is C14H26N4O2. The summed E-state index contributed by atoms with van der Waals surface area (Å²) in [5, 5.41) is 0. The zero-order chi connectivity index (χ0) is 14.5. The summed E-state index contributed by atoms with van der Waals surface area (Å²) in [6.45, 7) is 5.08. The number of hydrazine groups is 1. The average molecular weight is 282 g/mol.